The zero-order valence-corrected chi connectivity index (χ0v) is 11.9. The van der Waals surface area contributed by atoms with Crippen LogP contribution >= 0.6 is 50.1 Å². The van der Waals surface area contributed by atoms with Crippen molar-refractivity contribution < 1.29 is 4.39 Å². The van der Waals surface area contributed by atoms with Crippen molar-refractivity contribution in [1.29, 1.82) is 0 Å². The van der Waals surface area contributed by atoms with Crippen molar-refractivity contribution >= 4 is 61.0 Å². The summed E-state index contributed by atoms with van der Waals surface area (Å²) in [4.78, 5) is 4.07. The summed E-state index contributed by atoms with van der Waals surface area (Å²) in [5.74, 6) is -0.379. The number of alkyl halides is 1. The van der Waals surface area contributed by atoms with Crippen molar-refractivity contribution in [3.63, 3.8) is 0 Å². The highest BCUT2D eigenvalue weighted by molar-refractivity contribution is 14.1. The summed E-state index contributed by atoms with van der Waals surface area (Å²) in [6.07, 6.45) is 1.66. The second-order valence-electron chi connectivity index (χ2n) is 3.00. The Morgan fingerprint density at radius 3 is 2.87 bits per heavy atom. The van der Waals surface area contributed by atoms with Crippen molar-refractivity contribution in [1.82, 2.24) is 4.98 Å². The van der Waals surface area contributed by atoms with Gasteiger partial charge in [-0.3, -0.25) is 4.98 Å². The molecule has 0 aliphatic heterocycles. The molecule has 0 spiro atoms. The Kier molecular flexibility index (Phi) is 3.47. The number of nitrogens with zero attached hydrogens (tertiary/aromatic N) is 1. The van der Waals surface area contributed by atoms with Crippen LogP contribution in [-0.4, -0.2) is 4.98 Å². The molecule has 0 saturated heterocycles. The zero-order chi connectivity index (χ0) is 11.0. The van der Waals surface area contributed by atoms with Crippen molar-refractivity contribution in [2.75, 3.05) is 0 Å². The van der Waals surface area contributed by atoms with Gasteiger partial charge in [-0.1, -0.05) is 27.5 Å². The molecule has 0 N–H and O–H groups in total. The fourth-order valence-corrected chi connectivity index (χ4v) is 3.34. The average Bonchev–Trinajstić information content (AvgIpc) is 2.17. The summed E-state index contributed by atoms with van der Waals surface area (Å²) in [6, 6.07) is 3.02. The predicted octanol–water partition coefficient (Wildman–Crippen LogP) is 4.53. The van der Waals surface area contributed by atoms with Gasteiger partial charge < -0.3 is 0 Å². The van der Waals surface area contributed by atoms with Gasteiger partial charge in [-0.05, 0) is 40.3 Å². The van der Waals surface area contributed by atoms with Crippen LogP contribution in [0.3, 0.4) is 0 Å². The van der Waals surface area contributed by atoms with Crippen LogP contribution in [0.15, 0.2) is 18.3 Å². The van der Waals surface area contributed by atoms with Gasteiger partial charge in [0, 0.05) is 25.5 Å². The van der Waals surface area contributed by atoms with E-state index in [1.165, 1.54) is 6.07 Å². The molecule has 0 bridgehead atoms. The molecule has 0 atom stereocenters. The molecule has 2 rings (SSSR count). The number of hydrogen-bond acceptors (Lipinski definition) is 1. The Labute approximate surface area is 113 Å². The molecule has 78 valence electrons. The van der Waals surface area contributed by atoms with Crippen LogP contribution in [0, 0.1) is 9.39 Å². The first-order valence-corrected chi connectivity index (χ1v) is 6.69. The van der Waals surface area contributed by atoms with Crippen LogP contribution in [0.2, 0.25) is 5.02 Å². The molecule has 2 aromatic rings. The van der Waals surface area contributed by atoms with Crippen LogP contribution < -0.4 is 0 Å². The maximum atomic E-state index is 13.5. The second kappa shape index (κ2) is 4.51. The third-order valence-corrected chi connectivity index (χ3v) is 3.79. The van der Waals surface area contributed by atoms with Gasteiger partial charge in [0.1, 0.15) is 5.52 Å². The number of hydrogen-bond donors (Lipinski definition) is 0. The molecule has 0 saturated carbocycles. The number of fused-ring (bicyclic) bond motifs is 1. The topological polar surface area (TPSA) is 12.9 Å². The van der Waals surface area contributed by atoms with Crippen LogP contribution in [0.1, 0.15) is 5.56 Å². The third kappa shape index (κ3) is 2.12. The fraction of sp³-hybridized carbons (Fsp3) is 0.100. The molecule has 0 aliphatic rings. The Morgan fingerprint density at radius 1 is 1.47 bits per heavy atom. The summed E-state index contributed by atoms with van der Waals surface area (Å²) in [5, 5.41) is 1.82. The smallest absolute Gasteiger partial charge is 0.150 e. The minimum absolute atomic E-state index is 0.370. The van der Waals surface area contributed by atoms with Crippen molar-refractivity contribution in [3.05, 3.63) is 38.3 Å². The van der Waals surface area contributed by atoms with E-state index in [0.29, 0.717) is 15.9 Å². The van der Waals surface area contributed by atoms with Crippen LogP contribution in [0.4, 0.5) is 4.39 Å². The number of rotatable bonds is 1. The molecule has 15 heavy (non-hydrogen) atoms. The van der Waals surface area contributed by atoms with E-state index in [1.807, 2.05) is 0 Å². The lowest BCUT2D eigenvalue weighted by Gasteiger charge is -2.06. The number of benzene rings is 1. The molecular formula is C10H5BrClFIN. The summed E-state index contributed by atoms with van der Waals surface area (Å²) >= 11 is 11.4. The van der Waals surface area contributed by atoms with Gasteiger partial charge in [0.05, 0.1) is 0 Å². The molecule has 5 heteroatoms. The van der Waals surface area contributed by atoms with E-state index in [0.717, 1.165) is 14.5 Å². The highest BCUT2D eigenvalue weighted by Gasteiger charge is 2.10. The Balaban J connectivity index is 2.91. The maximum Gasteiger partial charge on any atom is 0.150 e. The standard InChI is InChI=1S/C10H5BrClFIN/c11-3-7-6-1-5(12)2-8(13)10(6)15-4-9(7)14/h1-2,4H,3H2. The number of aromatic nitrogens is 1. The van der Waals surface area contributed by atoms with E-state index in [1.54, 1.807) is 12.3 Å². The van der Waals surface area contributed by atoms with Gasteiger partial charge in [-0.15, -0.1) is 0 Å². The fourth-order valence-electron chi connectivity index (χ4n) is 1.39. The van der Waals surface area contributed by atoms with Crippen molar-refractivity contribution in [2.24, 2.45) is 0 Å². The molecule has 0 unspecified atom stereocenters. The van der Waals surface area contributed by atoms with Gasteiger partial charge in [-0.25, -0.2) is 4.39 Å². The van der Waals surface area contributed by atoms with E-state index in [4.69, 9.17) is 11.6 Å². The van der Waals surface area contributed by atoms with E-state index >= 15 is 0 Å². The van der Waals surface area contributed by atoms with Gasteiger partial charge in [0.15, 0.2) is 5.82 Å². The quantitative estimate of drug-likeness (QED) is 0.507. The number of pyridine rings is 1. The average molecular weight is 400 g/mol. The Bertz CT molecular complexity index is 532. The highest BCUT2D eigenvalue weighted by Crippen LogP contribution is 2.28. The lowest BCUT2D eigenvalue weighted by atomic mass is 10.1. The molecule has 1 aromatic heterocycles. The SMILES string of the molecule is Fc1cc(Cl)cc2c(CBr)c(I)cnc12. The van der Waals surface area contributed by atoms with E-state index in [-0.39, 0.29) is 5.82 Å². The monoisotopic (exact) mass is 399 g/mol. The molecule has 0 amide bonds. The maximum absolute atomic E-state index is 13.5. The first kappa shape index (κ1) is 11.5. The first-order chi connectivity index (χ1) is 7.13. The Hall–Kier alpha value is 0.0600. The third-order valence-electron chi connectivity index (χ3n) is 2.08. The largest absolute Gasteiger partial charge is 0.252 e. The van der Waals surface area contributed by atoms with Gasteiger partial charge in [0.25, 0.3) is 0 Å². The predicted molar refractivity (Wildman–Crippen MR) is 72.1 cm³/mol. The van der Waals surface area contributed by atoms with Gasteiger partial charge in [0.2, 0.25) is 0 Å². The first-order valence-electron chi connectivity index (χ1n) is 4.11. The van der Waals surface area contributed by atoms with E-state index < -0.39 is 0 Å². The van der Waals surface area contributed by atoms with Gasteiger partial charge in [-0.2, -0.15) is 0 Å². The molecule has 0 fully saturated rings. The van der Waals surface area contributed by atoms with Crippen molar-refractivity contribution in [3.8, 4) is 0 Å². The van der Waals surface area contributed by atoms with Crippen LogP contribution in [0.25, 0.3) is 10.9 Å². The number of halogens is 4. The second-order valence-corrected chi connectivity index (χ2v) is 5.16. The Morgan fingerprint density at radius 2 is 2.20 bits per heavy atom. The normalized spacial score (nSPS) is 10.9. The van der Waals surface area contributed by atoms with Gasteiger partial charge >= 0.3 is 0 Å². The summed E-state index contributed by atoms with van der Waals surface area (Å²) in [6.45, 7) is 0. The lowest BCUT2D eigenvalue weighted by Crippen LogP contribution is -1.93. The minimum Gasteiger partial charge on any atom is -0.252 e. The van der Waals surface area contributed by atoms with E-state index in [9.17, 15) is 4.39 Å². The molecule has 1 heterocycles. The molecule has 1 aromatic carbocycles. The lowest BCUT2D eigenvalue weighted by molar-refractivity contribution is 0.637. The van der Waals surface area contributed by atoms with Crippen molar-refractivity contribution in [2.45, 2.75) is 5.33 Å². The summed E-state index contributed by atoms with van der Waals surface area (Å²) in [7, 11) is 0. The zero-order valence-electron chi connectivity index (χ0n) is 7.40. The molecule has 1 nitrogen and oxygen atoms in total. The highest BCUT2D eigenvalue weighted by atomic mass is 127. The molecule has 0 radical (unpaired) electrons. The minimum atomic E-state index is -0.379. The molecule has 0 aliphatic carbocycles. The summed E-state index contributed by atoms with van der Waals surface area (Å²) in [5.41, 5.74) is 1.39. The molecular weight excluding hydrogens is 395 g/mol. The van der Waals surface area contributed by atoms with Crippen LogP contribution in [-0.2, 0) is 5.33 Å². The van der Waals surface area contributed by atoms with E-state index in [2.05, 4.69) is 43.5 Å². The van der Waals surface area contributed by atoms with Crippen LogP contribution in [0.5, 0.6) is 0 Å². The summed E-state index contributed by atoms with van der Waals surface area (Å²) < 4.78 is 14.5.